The fourth-order valence-electron chi connectivity index (χ4n) is 1.64. The number of carboxylic acid groups (broad SMARTS) is 2. The van der Waals surface area contributed by atoms with Crippen molar-refractivity contribution in [3.05, 3.63) is 0 Å². The topological polar surface area (TPSA) is 121 Å². The molecular weight excluding hydrogens is 252 g/mol. The van der Waals surface area contributed by atoms with Gasteiger partial charge in [0.1, 0.15) is 0 Å². The Morgan fingerprint density at radius 1 is 1.11 bits per heavy atom. The molecule has 0 aliphatic rings. The summed E-state index contributed by atoms with van der Waals surface area (Å²) in [7, 11) is 0. The summed E-state index contributed by atoms with van der Waals surface area (Å²) in [5.74, 6) is -2.24. The van der Waals surface area contributed by atoms with Gasteiger partial charge in [0.2, 0.25) is 5.91 Å². The quantitative estimate of drug-likeness (QED) is 0.555. The molecule has 0 saturated heterocycles. The van der Waals surface area contributed by atoms with Gasteiger partial charge in [-0.3, -0.25) is 14.4 Å². The van der Waals surface area contributed by atoms with Crippen molar-refractivity contribution < 1.29 is 24.6 Å². The molecule has 0 saturated carbocycles. The van der Waals surface area contributed by atoms with Crippen LogP contribution in [0, 0.1) is 0 Å². The second kappa shape index (κ2) is 8.47. The summed E-state index contributed by atoms with van der Waals surface area (Å²) >= 11 is 0. The molecule has 0 aromatic heterocycles. The molecular formula is C12H22N2O5. The first-order valence-electron chi connectivity index (χ1n) is 6.25. The number of carbonyl (C=O) groups excluding carboxylic acids is 1. The first-order chi connectivity index (χ1) is 8.75. The number of nitrogens with zero attached hydrogens (tertiary/aromatic N) is 1. The third kappa shape index (κ3) is 7.40. The lowest BCUT2D eigenvalue weighted by atomic mass is 10.1. The maximum Gasteiger partial charge on any atom is 0.303 e. The van der Waals surface area contributed by atoms with Crippen molar-refractivity contribution in [2.45, 2.75) is 51.6 Å². The predicted molar refractivity (Wildman–Crippen MR) is 68.6 cm³/mol. The standard InChI is InChI=1S/C12H22N2O5/c1-8(2)14(7-3-4-10(15)16)12(19)9(13)5-6-11(17)18/h8-9H,3-7,13H2,1-2H3,(H,15,16)(H,17,18). The lowest BCUT2D eigenvalue weighted by molar-refractivity contribution is -0.140. The van der Waals surface area contributed by atoms with Crippen LogP contribution in [0.3, 0.4) is 0 Å². The SMILES string of the molecule is CC(C)N(CCCC(=O)O)C(=O)C(N)CCC(=O)O. The molecule has 0 aliphatic heterocycles. The third-order valence-electron chi connectivity index (χ3n) is 2.68. The molecule has 110 valence electrons. The van der Waals surface area contributed by atoms with Crippen molar-refractivity contribution in [3.63, 3.8) is 0 Å². The van der Waals surface area contributed by atoms with E-state index in [0.29, 0.717) is 13.0 Å². The summed E-state index contributed by atoms with van der Waals surface area (Å²) in [5.41, 5.74) is 5.66. The monoisotopic (exact) mass is 274 g/mol. The highest BCUT2D eigenvalue weighted by atomic mass is 16.4. The van der Waals surface area contributed by atoms with Crippen LogP contribution in [0.25, 0.3) is 0 Å². The molecule has 1 amide bonds. The largest absolute Gasteiger partial charge is 0.481 e. The van der Waals surface area contributed by atoms with Crippen LogP contribution in [0.5, 0.6) is 0 Å². The Morgan fingerprint density at radius 2 is 1.63 bits per heavy atom. The van der Waals surface area contributed by atoms with E-state index in [9.17, 15) is 14.4 Å². The number of aliphatic carboxylic acids is 2. The minimum Gasteiger partial charge on any atom is -0.481 e. The average molecular weight is 274 g/mol. The molecule has 0 aromatic carbocycles. The molecule has 0 rings (SSSR count). The predicted octanol–water partition coefficient (Wildman–Crippen LogP) is 0.280. The molecule has 19 heavy (non-hydrogen) atoms. The summed E-state index contributed by atoms with van der Waals surface area (Å²) in [5, 5.41) is 17.1. The lowest BCUT2D eigenvalue weighted by Crippen LogP contribution is -2.47. The molecule has 0 aliphatic carbocycles. The molecule has 0 fully saturated rings. The first-order valence-corrected chi connectivity index (χ1v) is 6.25. The number of rotatable bonds is 9. The van der Waals surface area contributed by atoms with E-state index in [1.54, 1.807) is 0 Å². The second-order valence-electron chi connectivity index (χ2n) is 4.66. The van der Waals surface area contributed by atoms with Crippen LogP contribution in [-0.4, -0.2) is 51.6 Å². The Labute approximate surface area is 112 Å². The van der Waals surface area contributed by atoms with E-state index in [2.05, 4.69) is 0 Å². The van der Waals surface area contributed by atoms with E-state index >= 15 is 0 Å². The van der Waals surface area contributed by atoms with Gasteiger partial charge < -0.3 is 20.8 Å². The van der Waals surface area contributed by atoms with Gasteiger partial charge in [0.15, 0.2) is 0 Å². The molecule has 0 spiro atoms. The summed E-state index contributed by atoms with van der Waals surface area (Å²) in [6.07, 6.45) is 0.260. The number of hydrogen-bond acceptors (Lipinski definition) is 4. The van der Waals surface area contributed by atoms with Gasteiger partial charge in [0, 0.05) is 25.4 Å². The van der Waals surface area contributed by atoms with E-state index < -0.39 is 18.0 Å². The summed E-state index contributed by atoms with van der Waals surface area (Å²) < 4.78 is 0. The third-order valence-corrected chi connectivity index (χ3v) is 2.68. The fraction of sp³-hybridized carbons (Fsp3) is 0.750. The molecule has 1 atom stereocenters. The Balaban J connectivity index is 4.39. The highest BCUT2D eigenvalue weighted by Gasteiger charge is 2.23. The molecule has 0 bridgehead atoms. The number of amides is 1. The second-order valence-corrected chi connectivity index (χ2v) is 4.66. The van der Waals surface area contributed by atoms with Gasteiger partial charge in [0.05, 0.1) is 6.04 Å². The zero-order chi connectivity index (χ0) is 15.0. The summed E-state index contributed by atoms with van der Waals surface area (Å²) in [4.78, 5) is 34.4. The van der Waals surface area contributed by atoms with Gasteiger partial charge in [-0.25, -0.2) is 0 Å². The van der Waals surface area contributed by atoms with Crippen LogP contribution >= 0.6 is 0 Å². The Morgan fingerprint density at radius 3 is 2.05 bits per heavy atom. The van der Waals surface area contributed by atoms with Crippen molar-refractivity contribution in [1.82, 2.24) is 4.90 Å². The van der Waals surface area contributed by atoms with E-state index in [1.807, 2.05) is 13.8 Å². The van der Waals surface area contributed by atoms with E-state index in [4.69, 9.17) is 15.9 Å². The normalized spacial score (nSPS) is 12.2. The van der Waals surface area contributed by atoms with Gasteiger partial charge in [0.25, 0.3) is 0 Å². The van der Waals surface area contributed by atoms with Gasteiger partial charge in [-0.05, 0) is 26.7 Å². The Bertz CT molecular complexity index is 330. The molecule has 7 heteroatoms. The number of nitrogens with two attached hydrogens (primary N) is 1. The molecule has 1 unspecified atom stereocenters. The maximum atomic E-state index is 12.0. The summed E-state index contributed by atoms with van der Waals surface area (Å²) in [6.45, 7) is 3.93. The van der Waals surface area contributed by atoms with Crippen LogP contribution in [0.4, 0.5) is 0 Å². The van der Waals surface area contributed by atoms with Gasteiger partial charge in [-0.2, -0.15) is 0 Å². The van der Waals surface area contributed by atoms with Crippen LogP contribution in [0.15, 0.2) is 0 Å². The van der Waals surface area contributed by atoms with Crippen molar-refractivity contribution >= 4 is 17.8 Å². The molecule has 0 aromatic rings. The minimum absolute atomic E-state index is 0.0130. The molecule has 0 heterocycles. The number of hydrogen-bond donors (Lipinski definition) is 3. The highest BCUT2D eigenvalue weighted by Crippen LogP contribution is 2.07. The summed E-state index contributed by atoms with van der Waals surface area (Å²) in [6, 6.07) is -0.958. The molecule has 7 nitrogen and oxygen atoms in total. The highest BCUT2D eigenvalue weighted by molar-refractivity contribution is 5.82. The van der Waals surface area contributed by atoms with Crippen molar-refractivity contribution in [3.8, 4) is 0 Å². The van der Waals surface area contributed by atoms with E-state index in [-0.39, 0.29) is 31.2 Å². The van der Waals surface area contributed by atoms with Crippen LogP contribution in [0.1, 0.15) is 39.5 Å². The average Bonchev–Trinajstić information content (AvgIpc) is 2.29. The van der Waals surface area contributed by atoms with Crippen LogP contribution in [0.2, 0.25) is 0 Å². The fourth-order valence-corrected chi connectivity index (χ4v) is 1.64. The zero-order valence-electron chi connectivity index (χ0n) is 11.3. The van der Waals surface area contributed by atoms with Gasteiger partial charge in [-0.15, -0.1) is 0 Å². The molecule has 4 N–H and O–H groups in total. The van der Waals surface area contributed by atoms with Gasteiger partial charge in [-0.1, -0.05) is 0 Å². The van der Waals surface area contributed by atoms with E-state index in [0.717, 1.165) is 0 Å². The minimum atomic E-state index is -0.995. The Hall–Kier alpha value is -1.63. The van der Waals surface area contributed by atoms with Crippen LogP contribution in [-0.2, 0) is 14.4 Å². The first kappa shape index (κ1) is 17.4. The number of carbonyl (C=O) groups is 3. The van der Waals surface area contributed by atoms with Crippen molar-refractivity contribution in [2.24, 2.45) is 5.73 Å². The zero-order valence-corrected chi connectivity index (χ0v) is 11.3. The molecule has 0 radical (unpaired) electrons. The van der Waals surface area contributed by atoms with E-state index in [1.165, 1.54) is 4.90 Å². The smallest absolute Gasteiger partial charge is 0.303 e. The Kier molecular flexibility index (Phi) is 7.74. The maximum absolute atomic E-state index is 12.0. The lowest BCUT2D eigenvalue weighted by Gasteiger charge is -2.29. The van der Waals surface area contributed by atoms with Crippen molar-refractivity contribution in [1.29, 1.82) is 0 Å². The van der Waals surface area contributed by atoms with Gasteiger partial charge >= 0.3 is 11.9 Å². The van der Waals surface area contributed by atoms with Crippen molar-refractivity contribution in [2.75, 3.05) is 6.54 Å². The number of carboxylic acids is 2. The van der Waals surface area contributed by atoms with Crippen LogP contribution < -0.4 is 5.73 Å².